The summed E-state index contributed by atoms with van der Waals surface area (Å²) in [5.74, 6) is 0. The first-order valence-electron chi connectivity index (χ1n) is 5.31. The summed E-state index contributed by atoms with van der Waals surface area (Å²) in [6.45, 7) is 0.857. The molecule has 0 unspecified atom stereocenters. The van der Waals surface area contributed by atoms with Gasteiger partial charge in [0, 0.05) is 22.1 Å². The molecule has 88 valence electrons. The molecule has 0 aliphatic carbocycles. The molecule has 0 aliphatic heterocycles. The zero-order valence-corrected chi connectivity index (χ0v) is 11.9. The van der Waals surface area contributed by atoms with E-state index >= 15 is 0 Å². The number of nitrogens with one attached hydrogen (secondary N) is 1. The highest BCUT2D eigenvalue weighted by molar-refractivity contribution is 9.10. The average molecular weight is 309 g/mol. The van der Waals surface area contributed by atoms with E-state index in [-0.39, 0.29) is 0 Å². The predicted molar refractivity (Wildman–Crippen MR) is 75.3 cm³/mol. The normalized spacial score (nSPS) is 10.5. The van der Waals surface area contributed by atoms with Gasteiger partial charge in [-0.3, -0.25) is 0 Å². The van der Waals surface area contributed by atoms with Crippen LogP contribution in [-0.2, 0) is 6.54 Å². The van der Waals surface area contributed by atoms with E-state index in [2.05, 4.69) is 50.5 Å². The van der Waals surface area contributed by atoms with Crippen LogP contribution in [-0.4, -0.2) is 12.0 Å². The van der Waals surface area contributed by atoms with Crippen molar-refractivity contribution >= 4 is 27.7 Å². The van der Waals surface area contributed by atoms with E-state index in [1.165, 1.54) is 10.5 Å². The van der Waals surface area contributed by atoms with Crippen LogP contribution in [0.3, 0.4) is 0 Å². The summed E-state index contributed by atoms with van der Waals surface area (Å²) < 4.78 is 1.10. The van der Waals surface area contributed by atoms with E-state index in [1.54, 1.807) is 11.8 Å². The molecule has 17 heavy (non-hydrogen) atoms. The van der Waals surface area contributed by atoms with Gasteiger partial charge in [-0.15, -0.1) is 0 Å². The van der Waals surface area contributed by atoms with Crippen molar-refractivity contribution in [2.24, 2.45) is 0 Å². The van der Waals surface area contributed by atoms with E-state index in [1.807, 2.05) is 25.4 Å². The Morgan fingerprint density at radius 1 is 1.18 bits per heavy atom. The summed E-state index contributed by atoms with van der Waals surface area (Å²) >= 11 is 5.10. The summed E-state index contributed by atoms with van der Waals surface area (Å²) in [4.78, 5) is 5.62. The molecule has 0 saturated carbocycles. The Hall–Kier alpha value is -0.840. The largest absolute Gasteiger partial charge is 0.316 e. The van der Waals surface area contributed by atoms with Crippen molar-refractivity contribution in [3.8, 4) is 0 Å². The number of rotatable bonds is 4. The minimum atomic E-state index is 0.857. The fourth-order valence-electron chi connectivity index (χ4n) is 1.40. The zero-order valence-electron chi connectivity index (χ0n) is 9.48. The van der Waals surface area contributed by atoms with E-state index < -0.39 is 0 Å². The van der Waals surface area contributed by atoms with Crippen LogP contribution >= 0.6 is 27.7 Å². The lowest BCUT2D eigenvalue weighted by molar-refractivity contribution is 0.809. The van der Waals surface area contributed by atoms with Gasteiger partial charge in [-0.05, 0) is 42.9 Å². The summed E-state index contributed by atoms with van der Waals surface area (Å²) in [7, 11) is 1.94. The highest BCUT2D eigenvalue weighted by Crippen LogP contribution is 2.26. The van der Waals surface area contributed by atoms with Crippen LogP contribution in [0, 0.1) is 0 Å². The average Bonchev–Trinajstić information content (AvgIpc) is 2.35. The number of halogens is 1. The Morgan fingerprint density at radius 3 is 2.53 bits per heavy atom. The Bertz CT molecular complexity index is 468. The second kappa shape index (κ2) is 6.19. The third-order valence-electron chi connectivity index (χ3n) is 2.21. The minimum absolute atomic E-state index is 0.857. The van der Waals surface area contributed by atoms with E-state index in [4.69, 9.17) is 0 Å². The van der Waals surface area contributed by atoms with Gasteiger partial charge in [0.2, 0.25) is 0 Å². The minimum Gasteiger partial charge on any atom is -0.316 e. The Labute approximate surface area is 114 Å². The number of aromatic nitrogens is 1. The first-order valence-corrected chi connectivity index (χ1v) is 6.92. The molecule has 0 fully saturated rings. The predicted octanol–water partition coefficient (Wildman–Crippen LogP) is 3.71. The molecular weight excluding hydrogens is 296 g/mol. The van der Waals surface area contributed by atoms with Crippen LogP contribution in [0.4, 0.5) is 0 Å². The zero-order chi connectivity index (χ0) is 12.1. The quantitative estimate of drug-likeness (QED) is 0.932. The maximum absolute atomic E-state index is 4.43. The lowest BCUT2D eigenvalue weighted by Gasteiger charge is -2.03. The summed E-state index contributed by atoms with van der Waals surface area (Å²) in [6.07, 6.45) is 1.91. The molecule has 0 atom stereocenters. The number of pyridine rings is 1. The molecule has 1 N–H and O–H groups in total. The maximum atomic E-state index is 4.43. The van der Waals surface area contributed by atoms with Gasteiger partial charge in [0.05, 0.1) is 0 Å². The van der Waals surface area contributed by atoms with Crippen molar-refractivity contribution in [3.05, 3.63) is 52.6 Å². The molecule has 4 heteroatoms. The second-order valence-electron chi connectivity index (χ2n) is 3.59. The topological polar surface area (TPSA) is 24.9 Å². The molecule has 0 amide bonds. The lowest BCUT2D eigenvalue weighted by atomic mass is 10.3. The molecule has 2 rings (SSSR count). The standard InChI is InChI=1S/C13H13BrN2S/c1-15-8-10-2-7-13(16-9-10)17-12-5-3-11(14)4-6-12/h2-7,9,15H,8H2,1H3. The molecule has 2 nitrogen and oxygen atoms in total. The molecule has 0 saturated heterocycles. The molecule has 0 radical (unpaired) electrons. The van der Waals surface area contributed by atoms with E-state index in [9.17, 15) is 0 Å². The number of hydrogen-bond donors (Lipinski definition) is 1. The van der Waals surface area contributed by atoms with Gasteiger partial charge < -0.3 is 5.32 Å². The van der Waals surface area contributed by atoms with Gasteiger partial charge in [0.1, 0.15) is 5.03 Å². The van der Waals surface area contributed by atoms with Crippen molar-refractivity contribution in [3.63, 3.8) is 0 Å². The highest BCUT2D eigenvalue weighted by Gasteiger charge is 1.99. The SMILES string of the molecule is CNCc1ccc(Sc2ccc(Br)cc2)nc1. The smallest absolute Gasteiger partial charge is 0.101 e. The molecule has 1 heterocycles. The number of benzene rings is 1. The Morgan fingerprint density at radius 2 is 1.94 bits per heavy atom. The molecule has 0 spiro atoms. The second-order valence-corrected chi connectivity index (χ2v) is 5.60. The fraction of sp³-hybridized carbons (Fsp3) is 0.154. The maximum Gasteiger partial charge on any atom is 0.101 e. The van der Waals surface area contributed by atoms with Gasteiger partial charge >= 0.3 is 0 Å². The van der Waals surface area contributed by atoms with Gasteiger partial charge in [-0.25, -0.2) is 4.98 Å². The van der Waals surface area contributed by atoms with Crippen molar-refractivity contribution in [2.75, 3.05) is 7.05 Å². The molecule has 0 bridgehead atoms. The third kappa shape index (κ3) is 3.84. The van der Waals surface area contributed by atoms with Crippen molar-refractivity contribution < 1.29 is 0 Å². The van der Waals surface area contributed by atoms with Crippen LogP contribution in [0.15, 0.2) is 57.0 Å². The highest BCUT2D eigenvalue weighted by atomic mass is 79.9. The van der Waals surface area contributed by atoms with Gasteiger partial charge in [-0.2, -0.15) is 0 Å². The first-order chi connectivity index (χ1) is 8.28. The van der Waals surface area contributed by atoms with E-state index in [0.717, 1.165) is 16.0 Å². The Balaban J connectivity index is 2.05. The molecule has 2 aromatic rings. The van der Waals surface area contributed by atoms with Crippen LogP contribution < -0.4 is 5.32 Å². The molecule has 0 aliphatic rings. The summed E-state index contributed by atoms with van der Waals surface area (Å²) in [5.41, 5.74) is 1.20. The first kappa shape index (κ1) is 12.6. The summed E-state index contributed by atoms with van der Waals surface area (Å²) in [5, 5.41) is 4.13. The van der Waals surface area contributed by atoms with Crippen molar-refractivity contribution in [1.29, 1.82) is 0 Å². The van der Waals surface area contributed by atoms with Crippen molar-refractivity contribution in [2.45, 2.75) is 16.5 Å². The van der Waals surface area contributed by atoms with Gasteiger partial charge in [0.15, 0.2) is 0 Å². The van der Waals surface area contributed by atoms with Crippen LogP contribution in [0.25, 0.3) is 0 Å². The number of nitrogens with zero attached hydrogens (tertiary/aromatic N) is 1. The summed E-state index contributed by atoms with van der Waals surface area (Å²) in [6, 6.07) is 12.4. The molecule has 1 aromatic carbocycles. The van der Waals surface area contributed by atoms with Crippen molar-refractivity contribution in [1.82, 2.24) is 10.3 Å². The monoisotopic (exact) mass is 308 g/mol. The van der Waals surface area contributed by atoms with Gasteiger partial charge in [-0.1, -0.05) is 33.8 Å². The lowest BCUT2D eigenvalue weighted by Crippen LogP contribution is -2.04. The third-order valence-corrected chi connectivity index (χ3v) is 3.70. The van der Waals surface area contributed by atoms with Crippen LogP contribution in [0.1, 0.15) is 5.56 Å². The Kier molecular flexibility index (Phi) is 4.59. The van der Waals surface area contributed by atoms with Crippen LogP contribution in [0.2, 0.25) is 0 Å². The van der Waals surface area contributed by atoms with E-state index in [0.29, 0.717) is 0 Å². The van der Waals surface area contributed by atoms with Gasteiger partial charge in [0.25, 0.3) is 0 Å². The molecular formula is C13H13BrN2S. The fourth-order valence-corrected chi connectivity index (χ4v) is 2.42. The molecule has 1 aromatic heterocycles. The van der Waals surface area contributed by atoms with Crippen LogP contribution in [0.5, 0.6) is 0 Å². The number of hydrogen-bond acceptors (Lipinski definition) is 3.